The molecular formula is C8H22O2Si. The fourth-order valence-corrected chi connectivity index (χ4v) is 1.28. The molecule has 0 aromatic rings. The van der Waals surface area contributed by atoms with Gasteiger partial charge in [0.15, 0.2) is 0 Å². The van der Waals surface area contributed by atoms with Gasteiger partial charge in [0.05, 0.1) is 0 Å². The Hall–Kier alpha value is 0.137. The number of hydrogen-bond acceptors (Lipinski definition) is 2. The summed E-state index contributed by atoms with van der Waals surface area (Å²) in [6.07, 6.45) is 0. The Kier molecular flexibility index (Phi) is 8.50. The average molecular weight is 178 g/mol. The highest BCUT2D eigenvalue weighted by atomic mass is 28.3. The molecule has 0 radical (unpaired) electrons. The Labute approximate surface area is 71.9 Å². The van der Waals surface area contributed by atoms with E-state index in [4.69, 9.17) is 9.47 Å². The first kappa shape index (κ1) is 13.7. The van der Waals surface area contributed by atoms with Crippen molar-refractivity contribution in [2.45, 2.75) is 33.1 Å². The molecule has 0 spiro atoms. The van der Waals surface area contributed by atoms with E-state index in [0.717, 1.165) is 6.61 Å². The van der Waals surface area contributed by atoms with Crippen molar-refractivity contribution in [3.63, 3.8) is 0 Å². The highest BCUT2D eigenvalue weighted by molar-refractivity contribution is 6.76. The van der Waals surface area contributed by atoms with Gasteiger partial charge in [-0.15, -0.1) is 0 Å². The molecule has 0 aliphatic carbocycles. The van der Waals surface area contributed by atoms with Crippen LogP contribution in [-0.4, -0.2) is 28.6 Å². The maximum absolute atomic E-state index is 5.17. The van der Waals surface area contributed by atoms with Crippen LogP contribution in [0.1, 0.15) is 7.43 Å². The largest absolute Gasteiger partial charge is 0.359 e. The fraction of sp³-hybridized carbons (Fsp3) is 1.00. The average Bonchev–Trinajstić information content (AvgIpc) is 1.78. The summed E-state index contributed by atoms with van der Waals surface area (Å²) in [5.74, 6) is 0. The third-order valence-electron chi connectivity index (χ3n) is 1.20. The van der Waals surface area contributed by atoms with Gasteiger partial charge in [-0.05, 0) is 6.04 Å². The lowest BCUT2D eigenvalue weighted by molar-refractivity contribution is -0.0252. The monoisotopic (exact) mass is 178 g/mol. The van der Waals surface area contributed by atoms with Crippen LogP contribution in [0.25, 0.3) is 0 Å². The minimum Gasteiger partial charge on any atom is -0.359 e. The van der Waals surface area contributed by atoms with Crippen molar-refractivity contribution in [3.05, 3.63) is 0 Å². The van der Waals surface area contributed by atoms with Gasteiger partial charge in [-0.2, -0.15) is 0 Å². The number of rotatable bonds is 5. The summed E-state index contributed by atoms with van der Waals surface area (Å²) < 4.78 is 9.92. The SMILES string of the molecule is C.COCOCC[Si](C)(C)C. The number of ether oxygens (including phenoxy) is 2. The van der Waals surface area contributed by atoms with Gasteiger partial charge in [0.1, 0.15) is 6.79 Å². The van der Waals surface area contributed by atoms with E-state index >= 15 is 0 Å². The molecule has 70 valence electrons. The Bertz CT molecular complexity index is 78.7. The van der Waals surface area contributed by atoms with Crippen LogP contribution in [0.3, 0.4) is 0 Å². The van der Waals surface area contributed by atoms with Crippen molar-refractivity contribution in [2.75, 3.05) is 20.5 Å². The van der Waals surface area contributed by atoms with E-state index in [2.05, 4.69) is 19.6 Å². The Balaban J connectivity index is 0. The van der Waals surface area contributed by atoms with E-state index in [1.807, 2.05) is 0 Å². The van der Waals surface area contributed by atoms with Crippen LogP contribution in [0, 0.1) is 0 Å². The summed E-state index contributed by atoms with van der Waals surface area (Å²) in [6, 6.07) is 1.22. The molecule has 0 aliphatic rings. The van der Waals surface area contributed by atoms with Crippen LogP contribution >= 0.6 is 0 Å². The summed E-state index contributed by atoms with van der Waals surface area (Å²) >= 11 is 0. The van der Waals surface area contributed by atoms with Gasteiger partial charge < -0.3 is 9.47 Å². The second kappa shape index (κ2) is 6.82. The predicted molar refractivity (Wildman–Crippen MR) is 52.7 cm³/mol. The van der Waals surface area contributed by atoms with Crippen molar-refractivity contribution < 1.29 is 9.47 Å². The van der Waals surface area contributed by atoms with Crippen LogP contribution < -0.4 is 0 Å². The second-order valence-electron chi connectivity index (χ2n) is 3.63. The normalized spacial score (nSPS) is 10.9. The molecule has 0 aromatic carbocycles. The van der Waals surface area contributed by atoms with Crippen LogP contribution in [0.15, 0.2) is 0 Å². The van der Waals surface area contributed by atoms with E-state index in [0.29, 0.717) is 6.79 Å². The molecule has 0 fully saturated rings. The zero-order valence-electron chi connectivity index (χ0n) is 7.44. The maximum atomic E-state index is 5.17. The van der Waals surface area contributed by atoms with Gasteiger partial charge in [-0.1, -0.05) is 27.1 Å². The first-order valence-corrected chi connectivity index (χ1v) is 7.33. The number of methoxy groups -OCH3 is 1. The van der Waals surface area contributed by atoms with Gasteiger partial charge >= 0.3 is 0 Å². The molecular weight excluding hydrogens is 156 g/mol. The molecule has 2 nitrogen and oxygen atoms in total. The summed E-state index contributed by atoms with van der Waals surface area (Å²) in [6.45, 7) is 8.30. The van der Waals surface area contributed by atoms with Crippen molar-refractivity contribution in [3.8, 4) is 0 Å². The minimum atomic E-state index is -0.888. The third kappa shape index (κ3) is 13.2. The zero-order chi connectivity index (χ0) is 8.04. The van der Waals surface area contributed by atoms with Gasteiger partial charge in [-0.3, -0.25) is 0 Å². The van der Waals surface area contributed by atoms with Crippen molar-refractivity contribution in [1.82, 2.24) is 0 Å². The highest BCUT2D eigenvalue weighted by Gasteiger charge is 2.11. The lowest BCUT2D eigenvalue weighted by atomic mass is 10.9. The van der Waals surface area contributed by atoms with Gasteiger partial charge in [0.25, 0.3) is 0 Å². The maximum Gasteiger partial charge on any atom is 0.146 e. The van der Waals surface area contributed by atoms with Crippen molar-refractivity contribution >= 4 is 8.07 Å². The number of hydrogen-bond donors (Lipinski definition) is 0. The molecule has 0 unspecified atom stereocenters. The minimum absolute atomic E-state index is 0. The molecule has 0 saturated heterocycles. The lowest BCUT2D eigenvalue weighted by Crippen LogP contribution is -2.21. The Morgan fingerprint density at radius 3 is 2.09 bits per heavy atom. The summed E-state index contributed by atoms with van der Waals surface area (Å²) in [5.41, 5.74) is 0. The molecule has 11 heavy (non-hydrogen) atoms. The standard InChI is InChI=1S/C7H18O2Si.CH4/c1-8-7-9-5-6-10(2,3)4;/h5-7H2,1-4H3;1H4. The predicted octanol–water partition coefficient (Wildman–Crippen LogP) is 2.58. The molecule has 0 N–H and O–H groups in total. The molecule has 0 saturated carbocycles. The Morgan fingerprint density at radius 1 is 1.18 bits per heavy atom. The molecule has 0 heterocycles. The first-order chi connectivity index (χ1) is 4.56. The van der Waals surface area contributed by atoms with E-state index in [9.17, 15) is 0 Å². The van der Waals surface area contributed by atoms with Crippen LogP contribution in [0.5, 0.6) is 0 Å². The molecule has 0 aliphatic heterocycles. The fourth-order valence-electron chi connectivity index (χ4n) is 0.521. The van der Waals surface area contributed by atoms with E-state index in [1.54, 1.807) is 7.11 Å². The second-order valence-corrected chi connectivity index (χ2v) is 9.25. The molecule has 3 heteroatoms. The summed E-state index contributed by atoms with van der Waals surface area (Å²) in [5, 5.41) is 0. The van der Waals surface area contributed by atoms with E-state index in [1.165, 1.54) is 6.04 Å². The first-order valence-electron chi connectivity index (χ1n) is 3.63. The summed E-state index contributed by atoms with van der Waals surface area (Å²) in [7, 11) is 0.760. The van der Waals surface area contributed by atoms with Crippen LogP contribution in [0.4, 0.5) is 0 Å². The topological polar surface area (TPSA) is 18.5 Å². The summed E-state index contributed by atoms with van der Waals surface area (Å²) in [4.78, 5) is 0. The molecule has 0 rings (SSSR count). The van der Waals surface area contributed by atoms with E-state index in [-0.39, 0.29) is 7.43 Å². The smallest absolute Gasteiger partial charge is 0.146 e. The quantitative estimate of drug-likeness (QED) is 0.366. The van der Waals surface area contributed by atoms with Crippen LogP contribution in [-0.2, 0) is 9.47 Å². The molecule has 0 aromatic heterocycles. The van der Waals surface area contributed by atoms with E-state index < -0.39 is 8.07 Å². The van der Waals surface area contributed by atoms with Crippen molar-refractivity contribution in [1.29, 1.82) is 0 Å². The molecule has 0 amide bonds. The highest BCUT2D eigenvalue weighted by Crippen LogP contribution is 2.06. The lowest BCUT2D eigenvalue weighted by Gasteiger charge is -2.14. The zero-order valence-corrected chi connectivity index (χ0v) is 8.44. The van der Waals surface area contributed by atoms with Gasteiger partial charge in [0.2, 0.25) is 0 Å². The van der Waals surface area contributed by atoms with Crippen LogP contribution in [0.2, 0.25) is 25.7 Å². The third-order valence-corrected chi connectivity index (χ3v) is 2.90. The van der Waals surface area contributed by atoms with Gasteiger partial charge in [0, 0.05) is 21.8 Å². The molecule has 0 bridgehead atoms. The van der Waals surface area contributed by atoms with Crippen molar-refractivity contribution in [2.24, 2.45) is 0 Å². The Morgan fingerprint density at radius 2 is 1.73 bits per heavy atom. The van der Waals surface area contributed by atoms with Gasteiger partial charge in [-0.25, -0.2) is 0 Å². The molecule has 0 atom stereocenters.